The van der Waals surface area contributed by atoms with E-state index in [2.05, 4.69) is 51.2 Å². The van der Waals surface area contributed by atoms with Crippen LogP contribution in [0.5, 0.6) is 0 Å². The molecule has 0 saturated carbocycles. The van der Waals surface area contributed by atoms with Gasteiger partial charge in [0.15, 0.2) is 5.82 Å². The summed E-state index contributed by atoms with van der Waals surface area (Å²) < 4.78 is 5.47. The number of hydrogen-bond donors (Lipinski definition) is 1. The summed E-state index contributed by atoms with van der Waals surface area (Å²) >= 11 is 0. The first-order valence-electron chi connectivity index (χ1n) is 11.8. The largest absolute Gasteiger partial charge is 0.379 e. The van der Waals surface area contributed by atoms with Gasteiger partial charge in [0, 0.05) is 81.4 Å². The molecule has 1 unspecified atom stereocenters. The molecule has 2 fully saturated rings. The molecule has 0 aliphatic carbocycles. The second-order valence-electron chi connectivity index (χ2n) is 8.88. The molecule has 5 rings (SSSR count). The average molecular weight is 423 g/mol. The van der Waals surface area contributed by atoms with E-state index in [1.807, 2.05) is 6.20 Å². The van der Waals surface area contributed by atoms with Gasteiger partial charge in [0.1, 0.15) is 5.82 Å². The number of nitrogens with one attached hydrogen (secondary N) is 1. The maximum Gasteiger partial charge on any atom is 0.161 e. The highest BCUT2D eigenvalue weighted by Gasteiger charge is 2.28. The molecule has 1 N–H and O–H groups in total. The van der Waals surface area contributed by atoms with Crippen LogP contribution in [0.2, 0.25) is 0 Å². The van der Waals surface area contributed by atoms with E-state index in [-0.39, 0.29) is 0 Å². The summed E-state index contributed by atoms with van der Waals surface area (Å²) in [6, 6.07) is 9.24. The SMILES string of the molecule is CC1Cc2cnc(-c3ccc(N4CCNCC4)cc3)nc2N1CCCN1CCOCC1. The number of nitrogens with zero attached hydrogens (tertiary/aromatic N) is 5. The Kier molecular flexibility index (Phi) is 6.34. The van der Waals surface area contributed by atoms with Gasteiger partial charge in [0.25, 0.3) is 0 Å². The lowest BCUT2D eigenvalue weighted by Gasteiger charge is -2.29. The van der Waals surface area contributed by atoms with Crippen molar-refractivity contribution in [3.05, 3.63) is 36.0 Å². The number of hydrogen-bond acceptors (Lipinski definition) is 7. The van der Waals surface area contributed by atoms with Crippen LogP contribution < -0.4 is 15.1 Å². The zero-order chi connectivity index (χ0) is 21.0. The molecule has 31 heavy (non-hydrogen) atoms. The zero-order valence-corrected chi connectivity index (χ0v) is 18.6. The number of benzene rings is 1. The van der Waals surface area contributed by atoms with Crippen LogP contribution >= 0.6 is 0 Å². The standard InChI is InChI=1S/C24H34N6O/c1-19-17-21-18-26-23(20-3-5-22(6-4-20)29-11-7-25-8-12-29)27-24(21)30(19)10-2-9-28-13-15-31-16-14-28/h3-6,18-19,25H,2,7-17H2,1H3. The van der Waals surface area contributed by atoms with E-state index in [1.165, 1.54) is 11.3 Å². The first-order chi connectivity index (χ1) is 15.3. The Balaban J connectivity index is 1.26. The lowest BCUT2D eigenvalue weighted by Crippen LogP contribution is -2.43. The van der Waals surface area contributed by atoms with Crippen molar-refractivity contribution in [2.24, 2.45) is 0 Å². The topological polar surface area (TPSA) is 56.8 Å². The number of ether oxygens (including phenoxy) is 1. The molecule has 3 aliphatic heterocycles. The van der Waals surface area contributed by atoms with Crippen molar-refractivity contribution in [3.63, 3.8) is 0 Å². The van der Waals surface area contributed by atoms with E-state index in [1.54, 1.807) is 0 Å². The first kappa shape index (κ1) is 20.7. The van der Waals surface area contributed by atoms with Gasteiger partial charge in [-0.25, -0.2) is 9.97 Å². The van der Waals surface area contributed by atoms with E-state index in [0.29, 0.717) is 6.04 Å². The van der Waals surface area contributed by atoms with Gasteiger partial charge in [-0.05, 0) is 44.0 Å². The minimum atomic E-state index is 0.485. The summed E-state index contributed by atoms with van der Waals surface area (Å²) in [6.45, 7) is 12.6. The molecule has 0 amide bonds. The van der Waals surface area contributed by atoms with Gasteiger partial charge in [-0.2, -0.15) is 0 Å². The van der Waals surface area contributed by atoms with Gasteiger partial charge in [0.2, 0.25) is 0 Å². The highest BCUT2D eigenvalue weighted by Crippen LogP contribution is 2.32. The van der Waals surface area contributed by atoms with Crippen LogP contribution in [0.15, 0.2) is 30.5 Å². The van der Waals surface area contributed by atoms with Gasteiger partial charge < -0.3 is 19.9 Å². The Morgan fingerprint density at radius 1 is 1.03 bits per heavy atom. The molecule has 0 bridgehead atoms. The van der Waals surface area contributed by atoms with E-state index in [9.17, 15) is 0 Å². The van der Waals surface area contributed by atoms with Crippen molar-refractivity contribution in [1.82, 2.24) is 20.2 Å². The van der Waals surface area contributed by atoms with E-state index in [4.69, 9.17) is 14.7 Å². The minimum Gasteiger partial charge on any atom is -0.379 e. The van der Waals surface area contributed by atoms with Crippen molar-refractivity contribution in [3.8, 4) is 11.4 Å². The van der Waals surface area contributed by atoms with Crippen LogP contribution in [0, 0.1) is 0 Å². The summed E-state index contributed by atoms with van der Waals surface area (Å²) in [5.41, 5.74) is 3.65. The molecular weight excluding hydrogens is 388 g/mol. The van der Waals surface area contributed by atoms with Crippen LogP contribution in [0.1, 0.15) is 18.9 Å². The fraction of sp³-hybridized carbons (Fsp3) is 0.583. The summed E-state index contributed by atoms with van der Waals surface area (Å²) in [4.78, 5) is 17.1. The molecule has 1 aromatic carbocycles. The molecule has 2 aromatic rings. The lowest BCUT2D eigenvalue weighted by atomic mass is 10.1. The Hall–Kier alpha value is -2.22. The van der Waals surface area contributed by atoms with Crippen LogP contribution in [-0.4, -0.2) is 86.5 Å². The van der Waals surface area contributed by atoms with Crippen molar-refractivity contribution in [2.45, 2.75) is 25.8 Å². The highest BCUT2D eigenvalue weighted by molar-refractivity contribution is 5.64. The molecule has 1 atom stereocenters. The monoisotopic (exact) mass is 422 g/mol. The predicted octanol–water partition coefficient (Wildman–Crippen LogP) is 2.03. The van der Waals surface area contributed by atoms with Crippen molar-refractivity contribution in [2.75, 3.05) is 75.4 Å². The number of rotatable bonds is 6. The Morgan fingerprint density at radius 3 is 2.58 bits per heavy atom. The van der Waals surface area contributed by atoms with Crippen molar-refractivity contribution >= 4 is 11.5 Å². The number of fused-ring (bicyclic) bond motifs is 1. The summed E-state index contributed by atoms with van der Waals surface area (Å²) in [5.74, 6) is 1.96. The maximum atomic E-state index is 5.47. The van der Waals surface area contributed by atoms with Crippen LogP contribution in [0.4, 0.5) is 11.5 Å². The number of anilines is 2. The average Bonchev–Trinajstić information content (AvgIpc) is 3.15. The fourth-order valence-electron chi connectivity index (χ4n) is 4.93. The minimum absolute atomic E-state index is 0.485. The fourth-order valence-corrected chi connectivity index (χ4v) is 4.93. The molecule has 7 heteroatoms. The second-order valence-corrected chi connectivity index (χ2v) is 8.88. The molecule has 3 aliphatic rings. The zero-order valence-electron chi connectivity index (χ0n) is 18.6. The third-order valence-electron chi connectivity index (χ3n) is 6.75. The van der Waals surface area contributed by atoms with Crippen molar-refractivity contribution < 1.29 is 4.74 Å². The molecule has 166 valence electrons. The van der Waals surface area contributed by atoms with Gasteiger partial charge >= 0.3 is 0 Å². The smallest absolute Gasteiger partial charge is 0.161 e. The normalized spacial score (nSPS) is 22.0. The van der Waals surface area contributed by atoms with Crippen LogP contribution in [0.25, 0.3) is 11.4 Å². The van der Waals surface area contributed by atoms with Gasteiger partial charge in [-0.1, -0.05) is 0 Å². The number of morpholine rings is 1. The molecule has 4 heterocycles. The number of piperazine rings is 1. The number of aromatic nitrogens is 2. The summed E-state index contributed by atoms with van der Waals surface area (Å²) in [5, 5.41) is 3.41. The van der Waals surface area contributed by atoms with Gasteiger partial charge in [-0.15, -0.1) is 0 Å². The molecular formula is C24H34N6O. The first-order valence-corrected chi connectivity index (χ1v) is 11.8. The molecule has 2 saturated heterocycles. The Bertz CT molecular complexity index is 861. The second kappa shape index (κ2) is 9.51. The highest BCUT2D eigenvalue weighted by atomic mass is 16.5. The van der Waals surface area contributed by atoms with E-state index < -0.39 is 0 Å². The van der Waals surface area contributed by atoms with E-state index >= 15 is 0 Å². The molecule has 0 spiro atoms. The Morgan fingerprint density at radius 2 is 1.81 bits per heavy atom. The van der Waals surface area contributed by atoms with Crippen LogP contribution in [-0.2, 0) is 11.2 Å². The third-order valence-corrected chi connectivity index (χ3v) is 6.75. The maximum absolute atomic E-state index is 5.47. The molecule has 0 radical (unpaired) electrons. The van der Waals surface area contributed by atoms with Gasteiger partial charge in [0.05, 0.1) is 13.2 Å². The Labute approximate surface area is 185 Å². The molecule has 1 aromatic heterocycles. The summed E-state index contributed by atoms with van der Waals surface area (Å²) in [7, 11) is 0. The van der Waals surface area contributed by atoms with E-state index in [0.717, 1.165) is 95.6 Å². The lowest BCUT2D eigenvalue weighted by molar-refractivity contribution is 0.0376. The summed E-state index contributed by atoms with van der Waals surface area (Å²) in [6.07, 6.45) is 4.23. The van der Waals surface area contributed by atoms with Gasteiger partial charge in [-0.3, -0.25) is 4.90 Å². The molecule has 7 nitrogen and oxygen atoms in total. The predicted molar refractivity (Wildman–Crippen MR) is 125 cm³/mol. The van der Waals surface area contributed by atoms with Crippen molar-refractivity contribution in [1.29, 1.82) is 0 Å². The van der Waals surface area contributed by atoms with Crippen LogP contribution in [0.3, 0.4) is 0 Å². The third kappa shape index (κ3) is 4.68. The quantitative estimate of drug-likeness (QED) is 0.764.